The maximum absolute atomic E-state index is 12.9. The van der Waals surface area contributed by atoms with E-state index >= 15 is 0 Å². The number of furan rings is 1. The summed E-state index contributed by atoms with van der Waals surface area (Å²) in [6, 6.07) is 18.8. The van der Waals surface area contributed by atoms with Gasteiger partial charge >= 0.3 is 0 Å². The Morgan fingerprint density at radius 2 is 1.85 bits per heavy atom. The van der Waals surface area contributed by atoms with Gasteiger partial charge in [-0.05, 0) is 24.6 Å². The molecule has 6 heteroatoms. The van der Waals surface area contributed by atoms with E-state index < -0.39 is 6.04 Å². The predicted octanol–water partition coefficient (Wildman–Crippen LogP) is 4.70. The molecule has 0 saturated carbocycles. The molecule has 2 heterocycles. The van der Waals surface area contributed by atoms with E-state index in [1.54, 1.807) is 6.92 Å². The van der Waals surface area contributed by atoms with Crippen LogP contribution in [0.1, 0.15) is 33.7 Å². The van der Waals surface area contributed by atoms with Crippen molar-refractivity contribution in [3.05, 3.63) is 94.7 Å². The van der Waals surface area contributed by atoms with E-state index in [0.29, 0.717) is 11.6 Å². The van der Waals surface area contributed by atoms with Gasteiger partial charge in [-0.1, -0.05) is 60.1 Å². The van der Waals surface area contributed by atoms with E-state index in [-0.39, 0.29) is 16.6 Å². The molecule has 0 fully saturated rings. The lowest BCUT2D eigenvalue weighted by Crippen LogP contribution is -2.30. The number of para-hydroxylation sites is 1. The minimum Gasteiger partial charge on any atom is -0.459 e. The van der Waals surface area contributed by atoms with E-state index in [9.17, 15) is 4.79 Å². The van der Waals surface area contributed by atoms with Gasteiger partial charge in [-0.2, -0.15) is 0 Å². The van der Waals surface area contributed by atoms with Crippen molar-refractivity contribution in [1.29, 1.82) is 0 Å². The maximum Gasteiger partial charge on any atom is 0.272 e. The Labute approximate surface area is 161 Å². The molecule has 0 aliphatic rings. The summed E-state index contributed by atoms with van der Waals surface area (Å²) in [5, 5.41) is 4.16. The molecule has 0 aliphatic carbocycles. The summed E-state index contributed by atoms with van der Waals surface area (Å²) in [6.07, 6.45) is 1.43. The summed E-state index contributed by atoms with van der Waals surface area (Å²) < 4.78 is 5.99. The number of aromatic nitrogens is 2. The summed E-state index contributed by atoms with van der Waals surface area (Å²) in [5.74, 6) is 0.724. The number of nitrogens with one attached hydrogen (secondary N) is 1. The summed E-state index contributed by atoms with van der Waals surface area (Å²) in [4.78, 5) is 21.0. The molecule has 2 aromatic carbocycles. The average molecular weight is 378 g/mol. The quantitative estimate of drug-likeness (QED) is 0.559. The SMILES string of the molecule is Cc1ncc(Cl)c(C(=O)NC(c2ccccc2)c2cc3ccccc3o2)n1. The predicted molar refractivity (Wildman–Crippen MR) is 104 cm³/mol. The number of hydrogen-bond donors (Lipinski definition) is 1. The lowest BCUT2D eigenvalue weighted by atomic mass is 10.0. The van der Waals surface area contributed by atoms with Crippen molar-refractivity contribution >= 4 is 28.5 Å². The minimum atomic E-state index is -0.475. The highest BCUT2D eigenvalue weighted by molar-refractivity contribution is 6.33. The highest BCUT2D eigenvalue weighted by Gasteiger charge is 2.23. The first kappa shape index (κ1) is 17.2. The molecule has 1 N–H and O–H groups in total. The zero-order valence-electron chi connectivity index (χ0n) is 14.5. The Balaban J connectivity index is 1.74. The standard InChI is InChI=1S/C21H16ClN3O2/c1-13-23-12-16(22)20(24-13)21(26)25-19(14-7-3-2-4-8-14)18-11-15-9-5-6-10-17(15)27-18/h2-12,19H,1H3,(H,25,26). The van der Waals surface area contributed by atoms with E-state index in [1.165, 1.54) is 6.20 Å². The van der Waals surface area contributed by atoms with Gasteiger partial charge < -0.3 is 9.73 Å². The van der Waals surface area contributed by atoms with Crippen molar-refractivity contribution in [1.82, 2.24) is 15.3 Å². The van der Waals surface area contributed by atoms with Crippen LogP contribution >= 0.6 is 11.6 Å². The monoisotopic (exact) mass is 377 g/mol. The van der Waals surface area contributed by atoms with Gasteiger partial charge in [0, 0.05) is 5.39 Å². The number of benzene rings is 2. The lowest BCUT2D eigenvalue weighted by molar-refractivity contribution is 0.0934. The van der Waals surface area contributed by atoms with Gasteiger partial charge in [0.1, 0.15) is 28.9 Å². The fraction of sp³-hybridized carbons (Fsp3) is 0.0952. The third kappa shape index (κ3) is 3.55. The van der Waals surface area contributed by atoms with Gasteiger partial charge in [0.2, 0.25) is 0 Å². The highest BCUT2D eigenvalue weighted by atomic mass is 35.5. The van der Waals surface area contributed by atoms with Crippen LogP contribution in [0.15, 0.2) is 71.3 Å². The second-order valence-electron chi connectivity index (χ2n) is 6.12. The molecule has 0 saturated heterocycles. The molecule has 4 aromatic rings. The fourth-order valence-corrected chi connectivity index (χ4v) is 3.10. The van der Waals surface area contributed by atoms with Crippen LogP contribution in [-0.4, -0.2) is 15.9 Å². The molecule has 2 aromatic heterocycles. The van der Waals surface area contributed by atoms with Crippen LogP contribution in [-0.2, 0) is 0 Å². The van der Waals surface area contributed by atoms with E-state index in [1.807, 2.05) is 60.7 Å². The summed E-state index contributed by atoms with van der Waals surface area (Å²) in [5.41, 5.74) is 1.80. The molecule has 4 rings (SSSR count). The zero-order chi connectivity index (χ0) is 18.8. The topological polar surface area (TPSA) is 68.0 Å². The zero-order valence-corrected chi connectivity index (χ0v) is 15.3. The first-order valence-corrected chi connectivity index (χ1v) is 8.83. The smallest absolute Gasteiger partial charge is 0.272 e. The summed E-state index contributed by atoms with van der Waals surface area (Å²) >= 11 is 6.12. The highest BCUT2D eigenvalue weighted by Crippen LogP contribution is 2.29. The number of fused-ring (bicyclic) bond motifs is 1. The second-order valence-corrected chi connectivity index (χ2v) is 6.52. The summed E-state index contributed by atoms with van der Waals surface area (Å²) in [7, 11) is 0. The van der Waals surface area contributed by atoms with Crippen molar-refractivity contribution in [2.75, 3.05) is 0 Å². The number of nitrogens with zero attached hydrogens (tertiary/aromatic N) is 2. The molecule has 0 spiro atoms. The van der Waals surface area contributed by atoms with Crippen LogP contribution in [0.2, 0.25) is 5.02 Å². The number of carbonyl (C=O) groups is 1. The van der Waals surface area contributed by atoms with Crippen molar-refractivity contribution in [2.24, 2.45) is 0 Å². The molecule has 27 heavy (non-hydrogen) atoms. The van der Waals surface area contributed by atoms with Gasteiger partial charge in [-0.15, -0.1) is 0 Å². The molecule has 0 radical (unpaired) electrons. The van der Waals surface area contributed by atoms with Crippen LogP contribution in [0.25, 0.3) is 11.0 Å². The van der Waals surface area contributed by atoms with E-state index in [2.05, 4.69) is 15.3 Å². The van der Waals surface area contributed by atoms with Crippen molar-refractivity contribution < 1.29 is 9.21 Å². The number of amides is 1. The van der Waals surface area contributed by atoms with Crippen molar-refractivity contribution in [2.45, 2.75) is 13.0 Å². The Bertz CT molecular complexity index is 1080. The molecular weight excluding hydrogens is 362 g/mol. The number of hydrogen-bond acceptors (Lipinski definition) is 4. The van der Waals surface area contributed by atoms with Crippen molar-refractivity contribution in [3.8, 4) is 0 Å². The van der Waals surface area contributed by atoms with E-state index in [0.717, 1.165) is 16.5 Å². The molecule has 0 aliphatic heterocycles. The Hall–Kier alpha value is -3.18. The second kappa shape index (κ2) is 7.21. The van der Waals surface area contributed by atoms with E-state index in [4.69, 9.17) is 16.0 Å². The third-order valence-electron chi connectivity index (χ3n) is 4.22. The van der Waals surface area contributed by atoms with Crippen LogP contribution < -0.4 is 5.32 Å². The largest absolute Gasteiger partial charge is 0.459 e. The molecule has 134 valence electrons. The fourth-order valence-electron chi connectivity index (χ4n) is 2.92. The van der Waals surface area contributed by atoms with Crippen LogP contribution in [0.3, 0.4) is 0 Å². The number of halogens is 1. The van der Waals surface area contributed by atoms with Gasteiger partial charge in [-0.3, -0.25) is 4.79 Å². The summed E-state index contributed by atoms with van der Waals surface area (Å²) in [6.45, 7) is 1.71. The number of carbonyl (C=O) groups excluding carboxylic acids is 1. The van der Waals surface area contributed by atoms with Crippen LogP contribution in [0.4, 0.5) is 0 Å². The first-order valence-electron chi connectivity index (χ1n) is 8.45. The van der Waals surface area contributed by atoms with Crippen LogP contribution in [0, 0.1) is 6.92 Å². The Morgan fingerprint density at radius 1 is 1.11 bits per heavy atom. The molecular formula is C21H16ClN3O2. The van der Waals surface area contributed by atoms with Gasteiger partial charge in [0.05, 0.1) is 11.2 Å². The van der Waals surface area contributed by atoms with Gasteiger partial charge in [0.15, 0.2) is 0 Å². The number of aryl methyl sites for hydroxylation is 1. The molecule has 1 atom stereocenters. The van der Waals surface area contributed by atoms with Gasteiger partial charge in [-0.25, -0.2) is 9.97 Å². The minimum absolute atomic E-state index is 0.140. The lowest BCUT2D eigenvalue weighted by Gasteiger charge is -2.17. The Kier molecular flexibility index (Phi) is 4.60. The normalized spacial score (nSPS) is 12.1. The average Bonchev–Trinajstić information content (AvgIpc) is 3.12. The maximum atomic E-state index is 12.9. The number of rotatable bonds is 4. The van der Waals surface area contributed by atoms with Gasteiger partial charge in [0.25, 0.3) is 5.91 Å². The first-order chi connectivity index (χ1) is 13.1. The van der Waals surface area contributed by atoms with Crippen molar-refractivity contribution in [3.63, 3.8) is 0 Å². The molecule has 0 bridgehead atoms. The molecule has 5 nitrogen and oxygen atoms in total. The molecule has 1 amide bonds. The third-order valence-corrected chi connectivity index (χ3v) is 4.49. The Morgan fingerprint density at radius 3 is 2.63 bits per heavy atom. The van der Waals surface area contributed by atoms with Crippen LogP contribution in [0.5, 0.6) is 0 Å². The molecule has 1 unspecified atom stereocenters.